The summed E-state index contributed by atoms with van der Waals surface area (Å²) in [4.78, 5) is 39.9. The number of nitrogens with zero attached hydrogens (tertiary/aromatic N) is 2. The predicted octanol–water partition coefficient (Wildman–Crippen LogP) is 2.20. The molecule has 5 amide bonds. The highest BCUT2D eigenvalue weighted by atomic mass is 35.5. The van der Waals surface area contributed by atoms with Gasteiger partial charge >= 0.3 is 12.1 Å². The first-order chi connectivity index (χ1) is 13.4. The molecule has 0 spiro atoms. The van der Waals surface area contributed by atoms with E-state index in [4.69, 9.17) is 17.3 Å². The lowest BCUT2D eigenvalue weighted by molar-refractivity contribution is -0.133. The zero-order valence-corrected chi connectivity index (χ0v) is 17.4. The maximum absolute atomic E-state index is 12.8. The average molecular weight is 428 g/mol. The lowest BCUT2D eigenvalue weighted by Crippen LogP contribution is -2.51. The fraction of sp³-hybridized carbons (Fsp3) is 0.500. The van der Waals surface area contributed by atoms with Gasteiger partial charge in [-0.3, -0.25) is 4.79 Å². The van der Waals surface area contributed by atoms with Crippen molar-refractivity contribution in [1.29, 1.82) is 0 Å². The summed E-state index contributed by atoms with van der Waals surface area (Å²) in [5.41, 5.74) is 5.87. The first-order valence-corrected chi connectivity index (χ1v) is 10.8. The fourth-order valence-corrected chi connectivity index (χ4v) is 3.56. The van der Waals surface area contributed by atoms with Gasteiger partial charge in [-0.1, -0.05) is 11.6 Å². The van der Waals surface area contributed by atoms with Crippen LogP contribution in [0.25, 0.3) is 0 Å². The van der Waals surface area contributed by atoms with Crippen LogP contribution in [0.2, 0.25) is 5.02 Å². The van der Waals surface area contributed by atoms with Gasteiger partial charge in [0.25, 0.3) is 0 Å². The second-order valence-corrected chi connectivity index (χ2v) is 7.87. The van der Waals surface area contributed by atoms with Gasteiger partial charge < -0.3 is 26.2 Å². The van der Waals surface area contributed by atoms with E-state index in [0.29, 0.717) is 49.7 Å². The third-order valence-electron chi connectivity index (χ3n) is 4.42. The monoisotopic (exact) mass is 427 g/mol. The lowest BCUT2D eigenvalue weighted by atomic mass is 10.2. The van der Waals surface area contributed by atoms with Crippen LogP contribution in [0.4, 0.5) is 15.3 Å². The molecule has 4 N–H and O–H groups in total. The number of urea groups is 2. The van der Waals surface area contributed by atoms with Crippen molar-refractivity contribution in [2.45, 2.75) is 18.9 Å². The minimum Gasteiger partial charge on any atom is -0.352 e. The molecule has 154 valence electrons. The number of nitrogens with two attached hydrogens (primary N) is 1. The molecule has 1 aromatic rings. The van der Waals surface area contributed by atoms with E-state index in [1.165, 1.54) is 0 Å². The number of carbonyl (C=O) groups excluding carboxylic acids is 3. The molecule has 8 nitrogen and oxygen atoms in total. The molecule has 1 aliphatic rings. The number of rotatable bonds is 6. The molecule has 28 heavy (non-hydrogen) atoms. The van der Waals surface area contributed by atoms with Crippen LogP contribution < -0.4 is 16.4 Å². The molecule has 1 fully saturated rings. The van der Waals surface area contributed by atoms with E-state index in [1.807, 2.05) is 6.26 Å². The molecule has 1 saturated heterocycles. The number of anilines is 1. The maximum Gasteiger partial charge on any atom is 0.321 e. The van der Waals surface area contributed by atoms with Crippen LogP contribution in [0.15, 0.2) is 24.3 Å². The van der Waals surface area contributed by atoms with Crippen molar-refractivity contribution >= 4 is 47.0 Å². The van der Waals surface area contributed by atoms with Crippen molar-refractivity contribution in [3.05, 3.63) is 29.3 Å². The van der Waals surface area contributed by atoms with Gasteiger partial charge in [-0.05, 0) is 49.1 Å². The number of hydrogen-bond acceptors (Lipinski definition) is 4. The van der Waals surface area contributed by atoms with Crippen molar-refractivity contribution in [3.63, 3.8) is 0 Å². The standard InChI is InChI=1S/C18H26ClN5O3S/c1-28-12-7-15(22-17(20)26)16(25)23-8-2-9-24(11-10-23)18(27)21-14-5-3-13(19)4-6-14/h3-6,15H,2,7-12H2,1H3,(H,21,27)(H3,20,22,26). The van der Waals surface area contributed by atoms with Crippen LogP contribution in [0.3, 0.4) is 0 Å². The molecule has 1 heterocycles. The Labute approximate surface area is 174 Å². The Morgan fingerprint density at radius 1 is 1.14 bits per heavy atom. The van der Waals surface area contributed by atoms with Crippen LogP contribution in [0, 0.1) is 0 Å². The summed E-state index contributed by atoms with van der Waals surface area (Å²) in [5.74, 6) is 0.577. The molecule has 1 unspecified atom stereocenters. The minimum absolute atomic E-state index is 0.159. The number of nitrogens with one attached hydrogen (secondary N) is 2. The highest BCUT2D eigenvalue weighted by Crippen LogP contribution is 2.15. The molecule has 0 radical (unpaired) electrons. The van der Waals surface area contributed by atoms with E-state index in [1.54, 1.807) is 45.8 Å². The molecule has 0 aliphatic carbocycles. The molecule has 2 rings (SSSR count). The van der Waals surface area contributed by atoms with E-state index in [9.17, 15) is 14.4 Å². The van der Waals surface area contributed by atoms with E-state index >= 15 is 0 Å². The van der Waals surface area contributed by atoms with Crippen LogP contribution in [0.1, 0.15) is 12.8 Å². The van der Waals surface area contributed by atoms with Gasteiger partial charge in [-0.25, -0.2) is 9.59 Å². The van der Waals surface area contributed by atoms with E-state index in [0.717, 1.165) is 5.75 Å². The highest BCUT2D eigenvalue weighted by molar-refractivity contribution is 7.98. The van der Waals surface area contributed by atoms with Gasteiger partial charge in [0.1, 0.15) is 6.04 Å². The number of amides is 5. The normalized spacial score (nSPS) is 15.5. The number of benzene rings is 1. The number of hydrogen-bond donors (Lipinski definition) is 3. The maximum atomic E-state index is 12.8. The Bertz CT molecular complexity index is 688. The summed E-state index contributed by atoms with van der Waals surface area (Å²) in [5, 5.41) is 5.97. The number of carbonyl (C=O) groups is 3. The molecular formula is C18H26ClN5O3S. The van der Waals surface area contributed by atoms with Crippen molar-refractivity contribution in [1.82, 2.24) is 15.1 Å². The van der Waals surface area contributed by atoms with Crippen LogP contribution in [0.5, 0.6) is 0 Å². The summed E-state index contributed by atoms with van der Waals surface area (Å²) in [7, 11) is 0. The van der Waals surface area contributed by atoms with Gasteiger partial charge in [0, 0.05) is 36.9 Å². The molecule has 1 atom stereocenters. The Morgan fingerprint density at radius 2 is 1.79 bits per heavy atom. The largest absolute Gasteiger partial charge is 0.352 e. The van der Waals surface area contributed by atoms with Crippen molar-refractivity contribution in [3.8, 4) is 0 Å². The first kappa shape index (κ1) is 22.2. The Kier molecular flexibility index (Phi) is 8.72. The number of primary amides is 1. The van der Waals surface area contributed by atoms with Gasteiger partial charge in [0.05, 0.1) is 0 Å². The second-order valence-electron chi connectivity index (χ2n) is 6.45. The van der Waals surface area contributed by atoms with E-state index in [-0.39, 0.29) is 11.9 Å². The Hall–Kier alpha value is -2.13. The quantitative estimate of drug-likeness (QED) is 0.646. The van der Waals surface area contributed by atoms with E-state index in [2.05, 4.69) is 10.6 Å². The van der Waals surface area contributed by atoms with Crippen molar-refractivity contribution in [2.24, 2.45) is 5.73 Å². The predicted molar refractivity (Wildman–Crippen MR) is 113 cm³/mol. The van der Waals surface area contributed by atoms with Crippen LogP contribution in [-0.4, -0.2) is 72.0 Å². The molecule has 0 bridgehead atoms. The van der Waals surface area contributed by atoms with Gasteiger partial charge in [-0.2, -0.15) is 11.8 Å². The smallest absolute Gasteiger partial charge is 0.321 e. The first-order valence-electron chi connectivity index (χ1n) is 9.06. The van der Waals surface area contributed by atoms with Crippen molar-refractivity contribution in [2.75, 3.05) is 43.5 Å². The lowest BCUT2D eigenvalue weighted by Gasteiger charge is -2.26. The molecular weight excluding hydrogens is 402 g/mol. The zero-order valence-electron chi connectivity index (χ0n) is 15.8. The molecule has 1 aromatic carbocycles. The molecule has 10 heteroatoms. The topological polar surface area (TPSA) is 108 Å². The molecule has 0 saturated carbocycles. The zero-order chi connectivity index (χ0) is 20.5. The average Bonchev–Trinajstić information content (AvgIpc) is 2.92. The summed E-state index contributed by atoms with van der Waals surface area (Å²) < 4.78 is 0. The fourth-order valence-electron chi connectivity index (χ4n) is 2.96. The second kappa shape index (κ2) is 11.0. The van der Waals surface area contributed by atoms with E-state index < -0.39 is 12.1 Å². The van der Waals surface area contributed by atoms with Crippen LogP contribution >= 0.6 is 23.4 Å². The van der Waals surface area contributed by atoms with Gasteiger partial charge in [-0.15, -0.1) is 0 Å². The van der Waals surface area contributed by atoms with Crippen molar-refractivity contribution < 1.29 is 14.4 Å². The van der Waals surface area contributed by atoms with Gasteiger partial charge in [0.2, 0.25) is 5.91 Å². The molecule has 1 aliphatic heterocycles. The third-order valence-corrected chi connectivity index (χ3v) is 5.31. The van der Waals surface area contributed by atoms with Gasteiger partial charge in [0.15, 0.2) is 0 Å². The number of halogens is 1. The third kappa shape index (κ3) is 6.79. The summed E-state index contributed by atoms with van der Waals surface area (Å²) in [6.45, 7) is 1.89. The summed E-state index contributed by atoms with van der Waals surface area (Å²) in [6, 6.07) is 5.32. The van der Waals surface area contributed by atoms with Crippen LogP contribution in [-0.2, 0) is 4.79 Å². The molecule has 0 aromatic heterocycles. The highest BCUT2D eigenvalue weighted by Gasteiger charge is 2.28. The number of thioether (sulfide) groups is 1. The summed E-state index contributed by atoms with van der Waals surface area (Å²) >= 11 is 7.46. The summed E-state index contributed by atoms with van der Waals surface area (Å²) in [6.07, 6.45) is 3.11. The Balaban J connectivity index is 1.93. The minimum atomic E-state index is -0.710. The Morgan fingerprint density at radius 3 is 2.43 bits per heavy atom. The SMILES string of the molecule is CSCCC(NC(N)=O)C(=O)N1CCCN(C(=O)Nc2ccc(Cl)cc2)CC1.